The molecule has 2 atom stereocenters. The number of carbonyl (C=O) groups is 1. The molecule has 1 N–H and O–H groups in total. The van der Waals surface area contributed by atoms with Gasteiger partial charge in [-0.15, -0.1) is 0 Å². The van der Waals surface area contributed by atoms with E-state index in [1.54, 1.807) is 0 Å². The predicted octanol–water partition coefficient (Wildman–Crippen LogP) is 3.57. The first-order valence-electron chi connectivity index (χ1n) is 9.15. The number of carbonyl (C=O) groups excluding carboxylic acids is 1. The molecule has 1 aliphatic heterocycles. The Kier molecular flexibility index (Phi) is 4.34. The number of hydrogen-bond donors (Lipinski definition) is 1. The fourth-order valence-corrected chi connectivity index (χ4v) is 3.76. The van der Waals surface area contributed by atoms with Gasteiger partial charge in [-0.1, -0.05) is 42.4 Å². The molecular formula is C20H25N3O2. The summed E-state index contributed by atoms with van der Waals surface area (Å²) in [4.78, 5) is 15.2. The Hall–Kier alpha value is -2.14. The van der Waals surface area contributed by atoms with Crippen LogP contribution in [0.25, 0.3) is 0 Å². The van der Waals surface area contributed by atoms with E-state index in [9.17, 15) is 4.79 Å². The lowest BCUT2D eigenvalue weighted by Gasteiger charge is -2.16. The largest absolute Gasteiger partial charge is 0.359 e. The predicted molar refractivity (Wildman–Crippen MR) is 96.2 cm³/mol. The maximum Gasteiger partial charge on any atom is 0.229 e. The number of nitrogens with zero attached hydrogens (tertiary/aromatic N) is 2. The second kappa shape index (κ2) is 6.64. The fraction of sp³-hybridized carbons (Fsp3) is 0.500. The topological polar surface area (TPSA) is 58.4 Å². The second-order valence-electron chi connectivity index (χ2n) is 7.53. The normalized spacial score (nSPS) is 23.8. The third-order valence-corrected chi connectivity index (χ3v) is 5.36. The molecule has 1 aromatic carbocycles. The first-order chi connectivity index (χ1) is 12.1. The summed E-state index contributed by atoms with van der Waals surface area (Å²) < 4.78 is 5.43. The zero-order chi connectivity index (χ0) is 17.4. The highest BCUT2D eigenvalue weighted by atomic mass is 16.5. The summed E-state index contributed by atoms with van der Waals surface area (Å²) in [5.41, 5.74) is 2.88. The van der Waals surface area contributed by atoms with Gasteiger partial charge in [0.2, 0.25) is 5.91 Å². The van der Waals surface area contributed by atoms with Crippen molar-refractivity contribution >= 4 is 11.6 Å². The summed E-state index contributed by atoms with van der Waals surface area (Å²) in [6.07, 6.45) is 2.25. The van der Waals surface area contributed by atoms with Crippen molar-refractivity contribution in [1.29, 1.82) is 0 Å². The number of nitrogens with one attached hydrogen (secondary N) is 1. The highest BCUT2D eigenvalue weighted by Gasteiger charge is 2.37. The molecule has 2 aromatic rings. The summed E-state index contributed by atoms with van der Waals surface area (Å²) >= 11 is 0. The second-order valence-corrected chi connectivity index (χ2v) is 7.53. The van der Waals surface area contributed by atoms with Crippen molar-refractivity contribution in [2.24, 2.45) is 11.8 Å². The summed E-state index contributed by atoms with van der Waals surface area (Å²) in [7, 11) is 0. The standard InChI is InChI=1S/C20H25N3O2/c1-13-10-23(11-15-6-4-3-5-7-15)12-17(13)20(24)21-18-14(2)22-25-19(18)16-8-9-16/h3-7,13,16-17H,8-12H2,1-2H3,(H,21,24)/t13-,17-/m1/s1. The van der Waals surface area contributed by atoms with Crippen LogP contribution in [0.5, 0.6) is 0 Å². The van der Waals surface area contributed by atoms with Crippen LogP contribution < -0.4 is 5.32 Å². The molecule has 4 rings (SSSR count). The Morgan fingerprint density at radius 3 is 2.76 bits per heavy atom. The van der Waals surface area contributed by atoms with Gasteiger partial charge in [-0.05, 0) is 31.2 Å². The Balaban J connectivity index is 1.41. The third kappa shape index (κ3) is 3.47. The summed E-state index contributed by atoms with van der Waals surface area (Å²) in [6.45, 7) is 6.70. The molecule has 0 unspecified atom stereocenters. The summed E-state index contributed by atoms with van der Waals surface area (Å²) in [5.74, 6) is 1.74. The van der Waals surface area contributed by atoms with Gasteiger partial charge in [0.15, 0.2) is 5.76 Å². The molecule has 2 fully saturated rings. The summed E-state index contributed by atoms with van der Waals surface area (Å²) in [5, 5.41) is 7.16. The number of benzene rings is 1. The Morgan fingerprint density at radius 1 is 1.28 bits per heavy atom. The molecule has 5 heteroatoms. The minimum absolute atomic E-state index is 0.00469. The minimum atomic E-state index is 0.00469. The highest BCUT2D eigenvalue weighted by Crippen LogP contribution is 2.44. The van der Waals surface area contributed by atoms with Gasteiger partial charge in [0, 0.05) is 25.6 Å². The maximum atomic E-state index is 12.9. The smallest absolute Gasteiger partial charge is 0.229 e. The van der Waals surface area contributed by atoms with E-state index < -0.39 is 0 Å². The molecule has 2 heterocycles. The van der Waals surface area contributed by atoms with Crippen LogP contribution in [-0.4, -0.2) is 29.1 Å². The Morgan fingerprint density at radius 2 is 2.04 bits per heavy atom. The number of amides is 1. The average molecular weight is 339 g/mol. The van der Waals surface area contributed by atoms with Crippen LogP contribution in [-0.2, 0) is 11.3 Å². The van der Waals surface area contributed by atoms with Gasteiger partial charge < -0.3 is 9.84 Å². The lowest BCUT2D eigenvalue weighted by Crippen LogP contribution is -2.29. The van der Waals surface area contributed by atoms with Crippen molar-refractivity contribution in [1.82, 2.24) is 10.1 Å². The summed E-state index contributed by atoms with van der Waals surface area (Å²) in [6, 6.07) is 10.4. The third-order valence-electron chi connectivity index (χ3n) is 5.36. The molecule has 5 nitrogen and oxygen atoms in total. The van der Waals surface area contributed by atoms with E-state index in [4.69, 9.17) is 4.52 Å². The number of aryl methyl sites for hydroxylation is 1. The average Bonchev–Trinajstić information content (AvgIpc) is 3.29. The van der Waals surface area contributed by atoms with Crippen molar-refractivity contribution in [3.63, 3.8) is 0 Å². The number of aromatic nitrogens is 1. The molecule has 2 aliphatic rings. The molecule has 1 saturated heterocycles. The highest BCUT2D eigenvalue weighted by molar-refractivity contribution is 5.94. The molecule has 0 spiro atoms. The van der Waals surface area contributed by atoms with Crippen molar-refractivity contribution in [2.75, 3.05) is 18.4 Å². The van der Waals surface area contributed by atoms with Gasteiger partial charge in [-0.3, -0.25) is 9.69 Å². The Bertz CT molecular complexity index is 752. The van der Waals surface area contributed by atoms with E-state index in [1.807, 2.05) is 13.0 Å². The number of rotatable bonds is 5. The zero-order valence-corrected chi connectivity index (χ0v) is 14.9. The zero-order valence-electron chi connectivity index (χ0n) is 14.9. The van der Waals surface area contributed by atoms with Crippen LogP contribution in [0.3, 0.4) is 0 Å². The van der Waals surface area contributed by atoms with Crippen molar-refractivity contribution < 1.29 is 9.32 Å². The molecule has 1 aromatic heterocycles. The van der Waals surface area contributed by atoms with E-state index in [1.165, 1.54) is 5.56 Å². The van der Waals surface area contributed by atoms with E-state index in [-0.39, 0.29) is 11.8 Å². The van der Waals surface area contributed by atoms with Crippen LogP contribution in [0, 0.1) is 18.8 Å². The number of anilines is 1. The molecule has 0 bridgehead atoms. The lowest BCUT2D eigenvalue weighted by molar-refractivity contribution is -0.120. The molecule has 1 saturated carbocycles. The van der Waals surface area contributed by atoms with Crippen molar-refractivity contribution in [3.8, 4) is 0 Å². The molecule has 1 amide bonds. The van der Waals surface area contributed by atoms with Crippen LogP contribution in [0.15, 0.2) is 34.9 Å². The van der Waals surface area contributed by atoms with Gasteiger partial charge in [-0.2, -0.15) is 0 Å². The van der Waals surface area contributed by atoms with Gasteiger partial charge in [0.1, 0.15) is 11.4 Å². The quantitative estimate of drug-likeness (QED) is 0.905. The van der Waals surface area contributed by atoms with Crippen molar-refractivity contribution in [2.45, 2.75) is 39.2 Å². The SMILES string of the molecule is Cc1noc(C2CC2)c1NC(=O)[C@@H]1CN(Cc2ccccc2)C[C@H]1C. The first-order valence-corrected chi connectivity index (χ1v) is 9.15. The van der Waals surface area contributed by atoms with Gasteiger partial charge in [0.05, 0.1) is 5.92 Å². The minimum Gasteiger partial charge on any atom is -0.359 e. The van der Waals surface area contributed by atoms with Crippen LogP contribution in [0.4, 0.5) is 5.69 Å². The van der Waals surface area contributed by atoms with Gasteiger partial charge in [-0.25, -0.2) is 0 Å². The lowest BCUT2D eigenvalue weighted by atomic mass is 9.97. The molecule has 0 radical (unpaired) electrons. The van der Waals surface area contributed by atoms with Crippen molar-refractivity contribution in [3.05, 3.63) is 47.3 Å². The van der Waals surface area contributed by atoms with Gasteiger partial charge >= 0.3 is 0 Å². The van der Waals surface area contributed by atoms with Crippen LogP contribution >= 0.6 is 0 Å². The van der Waals surface area contributed by atoms with Crippen LogP contribution in [0.1, 0.15) is 42.7 Å². The maximum absolute atomic E-state index is 12.9. The van der Waals surface area contributed by atoms with Gasteiger partial charge in [0.25, 0.3) is 0 Å². The number of likely N-dealkylation sites (tertiary alicyclic amines) is 1. The number of hydrogen-bond acceptors (Lipinski definition) is 4. The molecule has 132 valence electrons. The first kappa shape index (κ1) is 16.3. The van der Waals surface area contributed by atoms with E-state index >= 15 is 0 Å². The Labute approximate surface area is 148 Å². The van der Waals surface area contributed by atoms with E-state index in [2.05, 4.69) is 46.6 Å². The molecule has 1 aliphatic carbocycles. The van der Waals surface area contributed by atoms with Crippen LogP contribution in [0.2, 0.25) is 0 Å². The van der Waals surface area contributed by atoms with E-state index in [0.29, 0.717) is 11.8 Å². The fourth-order valence-electron chi connectivity index (χ4n) is 3.76. The monoisotopic (exact) mass is 339 g/mol. The molecule has 25 heavy (non-hydrogen) atoms. The molecular weight excluding hydrogens is 314 g/mol. The van der Waals surface area contributed by atoms with E-state index in [0.717, 1.165) is 49.6 Å².